The van der Waals surface area contributed by atoms with Gasteiger partial charge < -0.3 is 14.2 Å². The van der Waals surface area contributed by atoms with Crippen LogP contribution >= 0.6 is 0 Å². The first-order chi connectivity index (χ1) is 12.8. The second-order valence-corrected chi connectivity index (χ2v) is 7.45. The molecule has 0 atom stereocenters. The van der Waals surface area contributed by atoms with Crippen molar-refractivity contribution in [3.05, 3.63) is 48.2 Å². The summed E-state index contributed by atoms with van der Waals surface area (Å²) in [6, 6.07) is 6.22. The molecule has 1 aliphatic heterocycles. The Bertz CT molecular complexity index is 717. The summed E-state index contributed by atoms with van der Waals surface area (Å²) in [5.74, 6) is 0.0409. The highest BCUT2D eigenvalue weighted by molar-refractivity contribution is 5.93. The Kier molecular flexibility index (Phi) is 5.23. The summed E-state index contributed by atoms with van der Waals surface area (Å²) < 4.78 is 5.21. The number of amides is 1. The molecule has 5 nitrogen and oxygen atoms in total. The lowest BCUT2D eigenvalue weighted by Crippen LogP contribution is -2.41. The van der Waals surface area contributed by atoms with E-state index in [9.17, 15) is 4.79 Å². The van der Waals surface area contributed by atoms with E-state index in [0.717, 1.165) is 37.2 Å². The fraction of sp³-hybridized carbons (Fsp3) is 0.524. The highest BCUT2D eigenvalue weighted by Gasteiger charge is 2.28. The first-order valence-electron chi connectivity index (χ1n) is 9.84. The topological polar surface area (TPSA) is 49.6 Å². The summed E-state index contributed by atoms with van der Waals surface area (Å²) in [6.45, 7) is 2.73. The summed E-state index contributed by atoms with van der Waals surface area (Å²) >= 11 is 0. The van der Waals surface area contributed by atoms with E-state index in [-0.39, 0.29) is 5.91 Å². The van der Waals surface area contributed by atoms with E-state index in [4.69, 9.17) is 4.42 Å². The Morgan fingerprint density at radius 2 is 1.96 bits per heavy atom. The summed E-state index contributed by atoms with van der Waals surface area (Å²) in [6.07, 6.45) is 13.4. The minimum Gasteiger partial charge on any atom is -0.472 e. The number of pyridine rings is 1. The van der Waals surface area contributed by atoms with Crippen molar-refractivity contribution in [2.45, 2.75) is 57.5 Å². The van der Waals surface area contributed by atoms with Gasteiger partial charge in [0.1, 0.15) is 5.69 Å². The molecule has 2 aliphatic rings. The van der Waals surface area contributed by atoms with E-state index >= 15 is 0 Å². The maximum atomic E-state index is 13.4. The molecule has 2 aromatic rings. The lowest BCUT2D eigenvalue weighted by molar-refractivity contribution is 0.0608. The minimum absolute atomic E-state index is 0.0409. The number of hydrogen-bond donors (Lipinski definition) is 0. The Morgan fingerprint density at radius 3 is 2.69 bits per heavy atom. The minimum atomic E-state index is 0.0409. The number of aromatic nitrogens is 1. The molecule has 1 saturated carbocycles. The van der Waals surface area contributed by atoms with Gasteiger partial charge in [0.2, 0.25) is 0 Å². The van der Waals surface area contributed by atoms with Gasteiger partial charge in [-0.15, -0.1) is 0 Å². The Labute approximate surface area is 155 Å². The van der Waals surface area contributed by atoms with Crippen molar-refractivity contribution in [2.24, 2.45) is 0 Å². The Hall–Kier alpha value is -2.30. The maximum Gasteiger partial charge on any atom is 0.273 e. The summed E-state index contributed by atoms with van der Waals surface area (Å²) in [7, 11) is 0. The Balaban J connectivity index is 1.57. The van der Waals surface area contributed by atoms with Gasteiger partial charge in [0.15, 0.2) is 0 Å². The second kappa shape index (κ2) is 7.94. The number of nitrogens with zero attached hydrogens (tertiary/aromatic N) is 3. The van der Waals surface area contributed by atoms with Crippen LogP contribution in [0.1, 0.15) is 61.0 Å². The molecule has 0 radical (unpaired) electrons. The normalized spacial score (nSPS) is 18.2. The molecule has 1 amide bonds. The summed E-state index contributed by atoms with van der Waals surface area (Å²) in [5.41, 5.74) is 2.72. The average Bonchev–Trinajstić information content (AvgIpc) is 3.40. The molecule has 0 aromatic carbocycles. The number of carbonyl (C=O) groups excluding carboxylic acids is 1. The standard InChI is InChI=1S/C21H27N3O2/c25-21(20-14-19(8-10-22-20)23-11-4-5-12-23)24(15-17-9-13-26-16-17)18-6-2-1-3-7-18/h8-10,13-14,16,18H,1-7,11-12,15H2. The number of hydrogen-bond acceptors (Lipinski definition) is 4. The van der Waals surface area contributed by atoms with E-state index in [2.05, 4.69) is 9.88 Å². The zero-order valence-corrected chi connectivity index (χ0v) is 15.3. The zero-order chi connectivity index (χ0) is 17.8. The molecular weight excluding hydrogens is 326 g/mol. The molecule has 2 aromatic heterocycles. The van der Waals surface area contributed by atoms with Crippen LogP contribution in [0, 0.1) is 0 Å². The molecule has 1 aliphatic carbocycles. The Morgan fingerprint density at radius 1 is 1.15 bits per heavy atom. The van der Waals surface area contributed by atoms with Gasteiger partial charge in [-0.1, -0.05) is 19.3 Å². The van der Waals surface area contributed by atoms with E-state index < -0.39 is 0 Å². The SMILES string of the molecule is O=C(c1cc(N2CCCC2)ccn1)N(Cc1ccoc1)C1CCCCC1. The van der Waals surface area contributed by atoms with Crippen LogP contribution in [0.25, 0.3) is 0 Å². The molecule has 0 unspecified atom stereocenters. The zero-order valence-electron chi connectivity index (χ0n) is 15.3. The van der Waals surface area contributed by atoms with Gasteiger partial charge in [-0.05, 0) is 43.9 Å². The van der Waals surface area contributed by atoms with Crippen LogP contribution in [0.3, 0.4) is 0 Å². The van der Waals surface area contributed by atoms with Gasteiger partial charge in [-0.3, -0.25) is 9.78 Å². The predicted molar refractivity (Wildman–Crippen MR) is 101 cm³/mol. The first kappa shape index (κ1) is 17.1. The highest BCUT2D eigenvalue weighted by Crippen LogP contribution is 2.27. The molecule has 5 heteroatoms. The third kappa shape index (κ3) is 3.76. The molecule has 2 fully saturated rings. The van der Waals surface area contributed by atoms with Crippen LogP contribution < -0.4 is 4.90 Å². The van der Waals surface area contributed by atoms with Crippen LogP contribution in [-0.4, -0.2) is 34.9 Å². The van der Waals surface area contributed by atoms with E-state index in [1.54, 1.807) is 18.7 Å². The highest BCUT2D eigenvalue weighted by atomic mass is 16.3. The van der Waals surface area contributed by atoms with Crippen molar-refractivity contribution in [1.82, 2.24) is 9.88 Å². The summed E-state index contributed by atoms with van der Waals surface area (Å²) in [4.78, 5) is 22.1. The van der Waals surface area contributed by atoms with Crippen molar-refractivity contribution in [1.29, 1.82) is 0 Å². The van der Waals surface area contributed by atoms with E-state index in [1.807, 2.05) is 23.1 Å². The van der Waals surface area contributed by atoms with Crippen LogP contribution in [0.2, 0.25) is 0 Å². The fourth-order valence-electron chi connectivity index (χ4n) is 4.19. The monoisotopic (exact) mass is 353 g/mol. The van der Waals surface area contributed by atoms with Gasteiger partial charge in [0.05, 0.1) is 12.5 Å². The molecule has 26 heavy (non-hydrogen) atoms. The van der Waals surface area contributed by atoms with Crippen molar-refractivity contribution >= 4 is 11.6 Å². The van der Waals surface area contributed by atoms with Crippen LogP contribution in [0.5, 0.6) is 0 Å². The van der Waals surface area contributed by atoms with Crippen molar-refractivity contribution < 1.29 is 9.21 Å². The van der Waals surface area contributed by atoms with Crippen LogP contribution in [0.15, 0.2) is 41.3 Å². The van der Waals surface area contributed by atoms with Gasteiger partial charge in [0.25, 0.3) is 5.91 Å². The second-order valence-electron chi connectivity index (χ2n) is 7.45. The number of furan rings is 1. The molecular formula is C21H27N3O2. The molecule has 138 valence electrons. The van der Waals surface area contributed by atoms with Crippen LogP contribution in [0.4, 0.5) is 5.69 Å². The summed E-state index contributed by atoms with van der Waals surface area (Å²) in [5, 5.41) is 0. The third-order valence-electron chi connectivity index (χ3n) is 5.64. The van der Waals surface area contributed by atoms with Crippen molar-refractivity contribution in [3.63, 3.8) is 0 Å². The smallest absolute Gasteiger partial charge is 0.273 e. The predicted octanol–water partition coefficient (Wildman–Crippen LogP) is 4.25. The number of rotatable bonds is 5. The fourth-order valence-corrected chi connectivity index (χ4v) is 4.19. The van der Waals surface area contributed by atoms with E-state index in [1.165, 1.54) is 32.1 Å². The third-order valence-corrected chi connectivity index (χ3v) is 5.64. The van der Waals surface area contributed by atoms with Gasteiger partial charge in [-0.25, -0.2) is 0 Å². The maximum absolute atomic E-state index is 13.4. The lowest BCUT2D eigenvalue weighted by atomic mass is 9.93. The van der Waals surface area contributed by atoms with Crippen LogP contribution in [-0.2, 0) is 6.54 Å². The van der Waals surface area contributed by atoms with Crippen molar-refractivity contribution in [3.8, 4) is 0 Å². The molecule has 0 N–H and O–H groups in total. The van der Waals surface area contributed by atoms with Gasteiger partial charge in [0, 0.05) is 43.1 Å². The largest absolute Gasteiger partial charge is 0.472 e. The number of anilines is 1. The number of carbonyl (C=O) groups is 1. The van der Waals surface area contributed by atoms with Gasteiger partial charge >= 0.3 is 0 Å². The quantitative estimate of drug-likeness (QED) is 0.806. The lowest BCUT2D eigenvalue weighted by Gasteiger charge is -2.34. The molecule has 0 spiro atoms. The molecule has 0 bridgehead atoms. The van der Waals surface area contributed by atoms with Crippen molar-refractivity contribution in [2.75, 3.05) is 18.0 Å². The molecule has 4 rings (SSSR count). The molecule has 3 heterocycles. The van der Waals surface area contributed by atoms with E-state index in [0.29, 0.717) is 18.3 Å². The first-order valence-corrected chi connectivity index (χ1v) is 9.84. The molecule has 1 saturated heterocycles. The van der Waals surface area contributed by atoms with Gasteiger partial charge in [-0.2, -0.15) is 0 Å². The average molecular weight is 353 g/mol.